The fourth-order valence-corrected chi connectivity index (χ4v) is 6.20. The fraction of sp³-hybridized carbons (Fsp3) is 0.280. The van der Waals surface area contributed by atoms with Crippen molar-refractivity contribution in [3.63, 3.8) is 0 Å². The molecule has 184 valence electrons. The van der Waals surface area contributed by atoms with E-state index in [0.29, 0.717) is 24.9 Å². The number of aryl methyl sites for hydroxylation is 1. The molecular weight excluding hydrogens is 496 g/mol. The van der Waals surface area contributed by atoms with Crippen molar-refractivity contribution < 1.29 is 13.2 Å². The largest absolute Gasteiger partial charge is 0.377 e. The Morgan fingerprint density at radius 2 is 1.92 bits per heavy atom. The Balaban J connectivity index is 1.60. The maximum atomic E-state index is 12.0. The first-order valence-corrected chi connectivity index (χ1v) is 14.3. The van der Waals surface area contributed by atoms with E-state index in [0.717, 1.165) is 44.7 Å². The number of hydrogen-bond donors (Lipinski definition) is 0. The van der Waals surface area contributed by atoms with Crippen molar-refractivity contribution in [3.05, 3.63) is 53.8 Å². The second kappa shape index (κ2) is 8.61. The zero-order valence-corrected chi connectivity index (χ0v) is 21.7. The topological polar surface area (TPSA) is 103 Å². The summed E-state index contributed by atoms with van der Waals surface area (Å²) in [7, 11) is -3.40. The highest BCUT2D eigenvalue weighted by molar-refractivity contribution is 7.90. The van der Waals surface area contributed by atoms with Crippen molar-refractivity contribution >= 4 is 48.2 Å². The number of benzene rings is 1. The van der Waals surface area contributed by atoms with Crippen molar-refractivity contribution in [1.29, 1.82) is 0 Å². The van der Waals surface area contributed by atoms with Crippen molar-refractivity contribution in [2.75, 3.05) is 30.9 Å². The maximum absolute atomic E-state index is 12.0. The Bertz CT molecular complexity index is 1730. The highest BCUT2D eigenvalue weighted by atomic mass is 32.2. The average Bonchev–Trinajstić information content (AvgIpc) is 3.48. The molecule has 1 aromatic carbocycles. The van der Waals surface area contributed by atoms with Crippen LogP contribution < -0.4 is 4.90 Å². The summed E-state index contributed by atoms with van der Waals surface area (Å²) >= 11 is 1.58. The standard InChI is InChI=1S/C25H24N6O3S2/c1-15-12-34-11-10-30(15)24-23-22(28-25(29-24)31-14-26-19-6-4-5-7-20(19)31)18(13-35-23)17-8-9-21(27-16(17)2)36(3,32)33/h4-9,13-15H,10-12H2,1-3H3/t15-/m1/s1. The molecule has 11 heteroatoms. The highest BCUT2D eigenvalue weighted by Crippen LogP contribution is 2.40. The van der Waals surface area contributed by atoms with Crippen LogP contribution in [0.15, 0.2) is 53.1 Å². The molecule has 5 heterocycles. The number of para-hydroxylation sites is 2. The van der Waals surface area contributed by atoms with Crippen LogP contribution in [0.25, 0.3) is 38.3 Å². The summed E-state index contributed by atoms with van der Waals surface area (Å²) in [5, 5.41) is 2.11. The molecule has 1 fully saturated rings. The summed E-state index contributed by atoms with van der Waals surface area (Å²) in [6.07, 6.45) is 2.91. The van der Waals surface area contributed by atoms with Crippen molar-refractivity contribution in [3.8, 4) is 17.1 Å². The van der Waals surface area contributed by atoms with Gasteiger partial charge in [-0.25, -0.2) is 23.4 Å². The van der Waals surface area contributed by atoms with Gasteiger partial charge in [-0.2, -0.15) is 4.98 Å². The van der Waals surface area contributed by atoms with Crippen LogP contribution >= 0.6 is 11.3 Å². The van der Waals surface area contributed by atoms with Gasteiger partial charge < -0.3 is 9.64 Å². The summed E-state index contributed by atoms with van der Waals surface area (Å²) in [5.41, 5.74) is 4.96. The maximum Gasteiger partial charge on any atom is 0.238 e. The van der Waals surface area contributed by atoms with E-state index in [4.69, 9.17) is 14.7 Å². The van der Waals surface area contributed by atoms with Gasteiger partial charge in [0.05, 0.1) is 40.5 Å². The monoisotopic (exact) mass is 520 g/mol. The lowest BCUT2D eigenvalue weighted by atomic mass is 10.1. The summed E-state index contributed by atoms with van der Waals surface area (Å²) in [4.78, 5) is 21.2. The molecule has 1 atom stereocenters. The lowest BCUT2D eigenvalue weighted by Crippen LogP contribution is -2.44. The Labute approximate surface area is 212 Å². The van der Waals surface area contributed by atoms with Gasteiger partial charge in [-0.15, -0.1) is 11.3 Å². The minimum atomic E-state index is -3.40. The van der Waals surface area contributed by atoms with E-state index < -0.39 is 9.84 Å². The molecule has 1 aliphatic heterocycles. The SMILES string of the molecule is Cc1nc(S(C)(=O)=O)ccc1-c1csc2c(N3CCOC[C@H]3C)nc(-n3cnc4ccccc43)nc12. The van der Waals surface area contributed by atoms with Gasteiger partial charge in [-0.3, -0.25) is 4.57 Å². The molecule has 0 aliphatic carbocycles. The number of imidazole rings is 1. The Kier molecular flexibility index (Phi) is 5.51. The minimum Gasteiger partial charge on any atom is -0.377 e. The molecule has 0 N–H and O–H groups in total. The molecular formula is C25H24N6O3S2. The summed E-state index contributed by atoms with van der Waals surface area (Å²) < 4.78 is 32.6. The number of fused-ring (bicyclic) bond motifs is 2. The number of rotatable bonds is 4. The number of anilines is 1. The van der Waals surface area contributed by atoms with Crippen LogP contribution in [0.1, 0.15) is 12.6 Å². The third-order valence-electron chi connectivity index (χ3n) is 6.42. The average molecular weight is 521 g/mol. The Morgan fingerprint density at radius 3 is 2.69 bits per heavy atom. The number of hydrogen-bond acceptors (Lipinski definition) is 9. The number of ether oxygens (including phenoxy) is 1. The lowest BCUT2D eigenvalue weighted by molar-refractivity contribution is 0.0987. The highest BCUT2D eigenvalue weighted by Gasteiger charge is 2.26. The van der Waals surface area contributed by atoms with Crippen LogP contribution in [0.5, 0.6) is 0 Å². The molecule has 6 rings (SSSR count). The van der Waals surface area contributed by atoms with E-state index in [1.54, 1.807) is 23.7 Å². The molecule has 5 aromatic rings. The lowest BCUT2D eigenvalue weighted by Gasteiger charge is -2.34. The normalized spacial score (nSPS) is 16.8. The number of pyridine rings is 1. The van der Waals surface area contributed by atoms with E-state index in [2.05, 4.69) is 21.8 Å². The molecule has 0 radical (unpaired) electrons. The van der Waals surface area contributed by atoms with Gasteiger partial charge in [-0.1, -0.05) is 12.1 Å². The minimum absolute atomic E-state index is 0.0614. The summed E-state index contributed by atoms with van der Waals surface area (Å²) in [6.45, 7) is 5.94. The quantitative estimate of drug-likeness (QED) is 0.350. The third kappa shape index (κ3) is 3.83. The molecule has 9 nitrogen and oxygen atoms in total. The van der Waals surface area contributed by atoms with Crippen molar-refractivity contribution in [2.24, 2.45) is 0 Å². The smallest absolute Gasteiger partial charge is 0.238 e. The summed E-state index contributed by atoms with van der Waals surface area (Å²) in [6, 6.07) is 11.4. The molecule has 36 heavy (non-hydrogen) atoms. The molecule has 0 unspecified atom stereocenters. The van der Waals surface area contributed by atoms with Crippen molar-refractivity contribution in [2.45, 2.75) is 24.9 Å². The van der Waals surface area contributed by atoms with Crippen molar-refractivity contribution in [1.82, 2.24) is 24.5 Å². The first-order valence-electron chi connectivity index (χ1n) is 11.6. The van der Waals surface area contributed by atoms with E-state index in [1.807, 2.05) is 47.2 Å². The first-order chi connectivity index (χ1) is 17.3. The molecule has 0 amide bonds. The zero-order valence-electron chi connectivity index (χ0n) is 20.0. The zero-order chi connectivity index (χ0) is 25.0. The molecule has 4 aromatic heterocycles. The number of aromatic nitrogens is 5. The number of morpholine rings is 1. The van der Waals surface area contributed by atoms with Gasteiger partial charge in [0.1, 0.15) is 6.33 Å². The van der Waals surface area contributed by atoms with E-state index in [1.165, 1.54) is 6.26 Å². The van der Waals surface area contributed by atoms with Crippen LogP contribution in [0.3, 0.4) is 0 Å². The first kappa shape index (κ1) is 23.0. The van der Waals surface area contributed by atoms with Crippen LogP contribution in [-0.4, -0.2) is 65.0 Å². The summed E-state index contributed by atoms with van der Waals surface area (Å²) in [5.74, 6) is 1.39. The molecule has 1 saturated heterocycles. The third-order valence-corrected chi connectivity index (χ3v) is 8.38. The van der Waals surface area contributed by atoms with Gasteiger partial charge in [0.15, 0.2) is 20.7 Å². The van der Waals surface area contributed by atoms with Gasteiger partial charge in [0.25, 0.3) is 0 Å². The van der Waals surface area contributed by atoms with Crippen LogP contribution in [0.2, 0.25) is 0 Å². The van der Waals surface area contributed by atoms with Gasteiger partial charge in [0, 0.05) is 35.0 Å². The Hall–Kier alpha value is -3.41. The fourth-order valence-electron chi connectivity index (χ4n) is 4.57. The van der Waals surface area contributed by atoms with Crippen LogP contribution in [0, 0.1) is 6.92 Å². The van der Waals surface area contributed by atoms with Gasteiger partial charge in [0.2, 0.25) is 5.95 Å². The molecule has 0 bridgehead atoms. The second-order valence-corrected chi connectivity index (χ2v) is 11.8. The van der Waals surface area contributed by atoms with E-state index in [9.17, 15) is 8.42 Å². The molecule has 1 aliphatic rings. The number of thiophene rings is 1. The van der Waals surface area contributed by atoms with Crippen LogP contribution in [0.4, 0.5) is 5.82 Å². The van der Waals surface area contributed by atoms with E-state index >= 15 is 0 Å². The molecule has 0 saturated carbocycles. The number of sulfone groups is 1. The van der Waals surface area contributed by atoms with E-state index in [-0.39, 0.29) is 11.1 Å². The molecule has 0 spiro atoms. The second-order valence-electron chi connectivity index (χ2n) is 8.95. The van der Waals surface area contributed by atoms with Gasteiger partial charge >= 0.3 is 0 Å². The predicted octanol–water partition coefficient (Wildman–Crippen LogP) is 4.03. The van der Waals surface area contributed by atoms with Crippen LogP contribution in [-0.2, 0) is 14.6 Å². The van der Waals surface area contributed by atoms with Gasteiger partial charge in [-0.05, 0) is 38.1 Å². The number of nitrogens with zero attached hydrogens (tertiary/aromatic N) is 6. The Morgan fingerprint density at radius 1 is 1.08 bits per heavy atom. The predicted molar refractivity (Wildman–Crippen MR) is 141 cm³/mol.